The monoisotopic (exact) mass is 238 g/mol. The van der Waals surface area contributed by atoms with Crippen molar-refractivity contribution < 1.29 is 9.32 Å². The summed E-state index contributed by atoms with van der Waals surface area (Å²) in [6.07, 6.45) is 2.82. The Morgan fingerprint density at radius 1 is 1.47 bits per heavy atom. The van der Waals surface area contributed by atoms with Crippen molar-refractivity contribution in [1.29, 1.82) is 0 Å². The number of carbonyl (C=O) groups excluding carboxylic acids is 1. The van der Waals surface area contributed by atoms with E-state index < -0.39 is 0 Å². The summed E-state index contributed by atoms with van der Waals surface area (Å²) in [4.78, 5) is 17.7. The molecule has 0 unspecified atom stereocenters. The average Bonchev–Trinajstić information content (AvgIpc) is 2.95. The molecule has 2 heterocycles. The lowest BCUT2D eigenvalue weighted by Gasteiger charge is -2.14. The molecule has 0 aromatic carbocycles. The van der Waals surface area contributed by atoms with E-state index in [0.29, 0.717) is 31.2 Å². The van der Waals surface area contributed by atoms with Crippen LogP contribution in [-0.4, -0.2) is 40.6 Å². The quantitative estimate of drug-likeness (QED) is 0.755. The highest BCUT2D eigenvalue weighted by Crippen LogP contribution is 2.08. The molecule has 6 heteroatoms. The lowest BCUT2D eigenvalue weighted by molar-refractivity contribution is -0.130. The Balaban J connectivity index is 1.61. The van der Waals surface area contributed by atoms with Gasteiger partial charge in [0.15, 0.2) is 5.82 Å². The summed E-state index contributed by atoms with van der Waals surface area (Å²) in [6.45, 7) is 4.80. The van der Waals surface area contributed by atoms with E-state index in [4.69, 9.17) is 4.52 Å². The summed E-state index contributed by atoms with van der Waals surface area (Å²) in [5.41, 5.74) is 0. The Morgan fingerprint density at radius 3 is 2.88 bits per heavy atom. The Bertz CT molecular complexity index is 371. The van der Waals surface area contributed by atoms with Crippen LogP contribution in [0.5, 0.6) is 0 Å². The van der Waals surface area contributed by atoms with Gasteiger partial charge in [0.2, 0.25) is 11.8 Å². The molecule has 17 heavy (non-hydrogen) atoms. The zero-order valence-corrected chi connectivity index (χ0v) is 10.1. The lowest BCUT2D eigenvalue weighted by atomic mass is 10.3. The van der Waals surface area contributed by atoms with Crippen molar-refractivity contribution in [3.63, 3.8) is 0 Å². The summed E-state index contributed by atoms with van der Waals surface area (Å²) in [7, 11) is 0. The number of likely N-dealkylation sites (tertiary alicyclic amines) is 1. The molecule has 0 atom stereocenters. The SMILES string of the molecule is Cc1nc(CNCCC(=O)N2CCCC2)no1. The highest BCUT2D eigenvalue weighted by Gasteiger charge is 2.16. The van der Waals surface area contributed by atoms with Gasteiger partial charge in [0.25, 0.3) is 0 Å². The Kier molecular flexibility index (Phi) is 4.08. The summed E-state index contributed by atoms with van der Waals surface area (Å²) >= 11 is 0. The van der Waals surface area contributed by atoms with Crippen molar-refractivity contribution in [1.82, 2.24) is 20.4 Å². The standard InChI is InChI=1S/C11H18N4O2/c1-9-13-10(14-17-9)8-12-5-4-11(16)15-6-2-3-7-15/h12H,2-8H2,1H3. The number of aromatic nitrogens is 2. The predicted octanol–water partition coefficient (Wildman–Crippen LogP) is 0.480. The molecule has 1 aliphatic heterocycles. The number of hydrogen-bond donors (Lipinski definition) is 1. The number of carbonyl (C=O) groups is 1. The van der Waals surface area contributed by atoms with E-state index in [1.54, 1.807) is 6.92 Å². The molecule has 1 aliphatic rings. The second-order valence-electron chi connectivity index (χ2n) is 4.24. The van der Waals surface area contributed by atoms with Crippen molar-refractivity contribution in [2.45, 2.75) is 32.7 Å². The normalized spacial score (nSPS) is 15.5. The number of hydrogen-bond acceptors (Lipinski definition) is 5. The van der Waals surface area contributed by atoms with Gasteiger partial charge in [-0.1, -0.05) is 5.16 Å². The molecule has 1 amide bonds. The molecule has 0 bridgehead atoms. The zero-order valence-electron chi connectivity index (χ0n) is 10.1. The van der Waals surface area contributed by atoms with Crippen LogP contribution in [0.1, 0.15) is 31.0 Å². The van der Waals surface area contributed by atoms with E-state index >= 15 is 0 Å². The van der Waals surface area contributed by atoms with Gasteiger partial charge >= 0.3 is 0 Å². The molecule has 2 rings (SSSR count). The molecule has 1 N–H and O–H groups in total. The lowest BCUT2D eigenvalue weighted by Crippen LogP contribution is -2.30. The maximum atomic E-state index is 11.7. The van der Waals surface area contributed by atoms with Crippen LogP contribution in [0.2, 0.25) is 0 Å². The third-order valence-corrected chi connectivity index (χ3v) is 2.83. The average molecular weight is 238 g/mol. The Morgan fingerprint density at radius 2 is 2.24 bits per heavy atom. The molecular formula is C11H18N4O2. The Labute approximate surface area is 100 Å². The van der Waals surface area contributed by atoms with Crippen molar-refractivity contribution >= 4 is 5.91 Å². The minimum absolute atomic E-state index is 0.235. The van der Waals surface area contributed by atoms with E-state index in [0.717, 1.165) is 25.9 Å². The van der Waals surface area contributed by atoms with Gasteiger partial charge in [-0.2, -0.15) is 4.98 Å². The van der Waals surface area contributed by atoms with Crippen LogP contribution in [0.15, 0.2) is 4.52 Å². The first kappa shape index (κ1) is 12.0. The van der Waals surface area contributed by atoms with E-state index in [2.05, 4.69) is 15.5 Å². The maximum Gasteiger partial charge on any atom is 0.223 e. The van der Waals surface area contributed by atoms with Crippen LogP contribution in [0.3, 0.4) is 0 Å². The molecule has 1 aromatic rings. The molecule has 1 fully saturated rings. The summed E-state index contributed by atoms with van der Waals surface area (Å²) in [6, 6.07) is 0. The smallest absolute Gasteiger partial charge is 0.223 e. The van der Waals surface area contributed by atoms with Crippen LogP contribution in [0, 0.1) is 6.92 Å². The van der Waals surface area contributed by atoms with Gasteiger partial charge in [0.1, 0.15) is 0 Å². The minimum atomic E-state index is 0.235. The Hall–Kier alpha value is -1.43. The number of amides is 1. The fourth-order valence-corrected chi connectivity index (χ4v) is 1.93. The van der Waals surface area contributed by atoms with Gasteiger partial charge in [-0.05, 0) is 12.8 Å². The van der Waals surface area contributed by atoms with E-state index in [1.807, 2.05) is 4.90 Å². The number of nitrogens with zero attached hydrogens (tertiary/aromatic N) is 3. The van der Waals surface area contributed by atoms with Crippen LogP contribution < -0.4 is 5.32 Å². The van der Waals surface area contributed by atoms with E-state index in [1.165, 1.54) is 0 Å². The minimum Gasteiger partial charge on any atom is -0.343 e. The van der Waals surface area contributed by atoms with Gasteiger partial charge in [0.05, 0.1) is 6.54 Å². The van der Waals surface area contributed by atoms with Crippen molar-refractivity contribution in [2.75, 3.05) is 19.6 Å². The van der Waals surface area contributed by atoms with Gasteiger partial charge in [0, 0.05) is 33.0 Å². The third kappa shape index (κ3) is 3.52. The number of aryl methyl sites for hydroxylation is 1. The molecule has 0 spiro atoms. The molecule has 1 aromatic heterocycles. The van der Waals surface area contributed by atoms with Crippen molar-refractivity contribution in [3.05, 3.63) is 11.7 Å². The molecule has 1 saturated heterocycles. The number of rotatable bonds is 5. The van der Waals surface area contributed by atoms with Crippen LogP contribution >= 0.6 is 0 Å². The van der Waals surface area contributed by atoms with Crippen molar-refractivity contribution in [2.24, 2.45) is 0 Å². The first-order chi connectivity index (χ1) is 8.25. The first-order valence-corrected chi connectivity index (χ1v) is 6.03. The van der Waals surface area contributed by atoms with Crippen LogP contribution in [-0.2, 0) is 11.3 Å². The zero-order chi connectivity index (χ0) is 12.1. The van der Waals surface area contributed by atoms with Crippen molar-refractivity contribution in [3.8, 4) is 0 Å². The molecular weight excluding hydrogens is 220 g/mol. The summed E-state index contributed by atoms with van der Waals surface area (Å²) in [5.74, 6) is 1.44. The molecule has 0 radical (unpaired) electrons. The predicted molar refractivity (Wildman–Crippen MR) is 61.2 cm³/mol. The molecule has 6 nitrogen and oxygen atoms in total. The molecule has 94 valence electrons. The molecule has 0 saturated carbocycles. The largest absolute Gasteiger partial charge is 0.343 e. The van der Waals surface area contributed by atoms with Gasteiger partial charge in [-0.15, -0.1) is 0 Å². The fraction of sp³-hybridized carbons (Fsp3) is 0.727. The highest BCUT2D eigenvalue weighted by atomic mass is 16.5. The summed E-state index contributed by atoms with van der Waals surface area (Å²) in [5, 5.41) is 6.90. The summed E-state index contributed by atoms with van der Waals surface area (Å²) < 4.78 is 4.85. The first-order valence-electron chi connectivity index (χ1n) is 6.03. The van der Waals surface area contributed by atoms with E-state index in [9.17, 15) is 4.79 Å². The second-order valence-corrected chi connectivity index (χ2v) is 4.24. The topological polar surface area (TPSA) is 71.3 Å². The van der Waals surface area contributed by atoms with Gasteiger partial charge in [-0.3, -0.25) is 4.79 Å². The second kappa shape index (κ2) is 5.77. The van der Waals surface area contributed by atoms with Gasteiger partial charge in [-0.25, -0.2) is 0 Å². The molecule has 0 aliphatic carbocycles. The van der Waals surface area contributed by atoms with E-state index in [-0.39, 0.29) is 5.91 Å². The van der Waals surface area contributed by atoms with Crippen LogP contribution in [0.25, 0.3) is 0 Å². The highest BCUT2D eigenvalue weighted by molar-refractivity contribution is 5.76. The fourth-order valence-electron chi connectivity index (χ4n) is 1.93. The van der Waals surface area contributed by atoms with Crippen LogP contribution in [0.4, 0.5) is 0 Å². The third-order valence-electron chi connectivity index (χ3n) is 2.83. The van der Waals surface area contributed by atoms with Gasteiger partial charge < -0.3 is 14.7 Å². The number of nitrogens with one attached hydrogen (secondary N) is 1. The maximum absolute atomic E-state index is 11.7.